The van der Waals surface area contributed by atoms with Crippen LogP contribution < -0.4 is 9.80 Å². The summed E-state index contributed by atoms with van der Waals surface area (Å²) >= 11 is 0. The SMILES string of the molecule is Fc1cc(N(c2ccccc2)c2ccc3ccc4c(N(c5ccccc5)c5cc(F)c(-c6ccc(C(F)(F)F)cc6)cc5F)ccc5ccc2c3c54)c(F)cc1-c1ccc(C(F)(F)F)cc1. The summed E-state index contributed by atoms with van der Waals surface area (Å²) in [7, 11) is 0. The topological polar surface area (TPSA) is 6.48 Å². The van der Waals surface area contributed by atoms with E-state index in [1.165, 1.54) is 0 Å². The molecule has 0 radical (unpaired) electrons. The van der Waals surface area contributed by atoms with Gasteiger partial charge in [0.15, 0.2) is 0 Å². The zero-order valence-corrected chi connectivity index (χ0v) is 34.0. The van der Waals surface area contributed by atoms with E-state index in [1.807, 2.05) is 36.4 Å². The molecule has 0 bridgehead atoms. The second kappa shape index (κ2) is 16.0. The van der Waals surface area contributed by atoms with Crippen LogP contribution in [0.4, 0.5) is 78.0 Å². The Kier molecular flexibility index (Phi) is 10.2. The monoisotopic (exact) mass is 896 g/mol. The van der Waals surface area contributed by atoms with E-state index in [-0.39, 0.29) is 33.6 Å². The smallest absolute Gasteiger partial charge is 0.307 e. The van der Waals surface area contributed by atoms with Crippen molar-refractivity contribution in [2.24, 2.45) is 0 Å². The predicted molar refractivity (Wildman–Crippen MR) is 240 cm³/mol. The largest absolute Gasteiger partial charge is 0.416 e. The first-order valence-electron chi connectivity index (χ1n) is 20.4. The summed E-state index contributed by atoms with van der Waals surface area (Å²) in [5, 5.41) is 4.27. The second-order valence-electron chi connectivity index (χ2n) is 15.7. The Bertz CT molecular complexity index is 3190. The molecule has 0 atom stereocenters. The molecule has 12 heteroatoms. The van der Waals surface area contributed by atoms with Crippen LogP contribution in [0.5, 0.6) is 0 Å². The average Bonchev–Trinajstić information content (AvgIpc) is 3.31. The Morgan fingerprint density at radius 2 is 0.667 bits per heavy atom. The maximum atomic E-state index is 16.6. The van der Waals surface area contributed by atoms with Crippen LogP contribution in [0, 0.1) is 23.3 Å². The van der Waals surface area contributed by atoms with E-state index in [4.69, 9.17) is 0 Å². The van der Waals surface area contributed by atoms with E-state index in [1.54, 1.807) is 82.6 Å². The highest BCUT2D eigenvalue weighted by atomic mass is 19.4. The first-order chi connectivity index (χ1) is 31.7. The van der Waals surface area contributed by atoms with Gasteiger partial charge in [0.1, 0.15) is 23.3 Å². The molecule has 0 aliphatic rings. The van der Waals surface area contributed by atoms with Crippen LogP contribution in [0.2, 0.25) is 0 Å². The van der Waals surface area contributed by atoms with Crippen molar-refractivity contribution in [2.45, 2.75) is 12.4 Å². The quantitative estimate of drug-likeness (QED) is 0.111. The van der Waals surface area contributed by atoms with Gasteiger partial charge in [0.25, 0.3) is 0 Å². The van der Waals surface area contributed by atoms with Crippen LogP contribution in [-0.4, -0.2) is 0 Å². The van der Waals surface area contributed by atoms with Crippen LogP contribution in [0.15, 0.2) is 182 Å². The van der Waals surface area contributed by atoms with Gasteiger partial charge < -0.3 is 9.80 Å². The average molecular weight is 897 g/mol. The molecule has 326 valence electrons. The van der Waals surface area contributed by atoms with Crippen LogP contribution in [0.3, 0.4) is 0 Å². The number of rotatable bonds is 8. The molecule has 0 aliphatic heterocycles. The Morgan fingerprint density at radius 1 is 0.318 bits per heavy atom. The Morgan fingerprint density at radius 3 is 1.02 bits per heavy atom. The number of anilines is 6. The summed E-state index contributed by atoms with van der Waals surface area (Å²) in [4.78, 5) is 3.13. The zero-order chi connectivity index (χ0) is 46.1. The molecule has 10 aromatic carbocycles. The number of hydrogen-bond acceptors (Lipinski definition) is 2. The minimum absolute atomic E-state index is 0.0537. The van der Waals surface area contributed by atoms with Crippen molar-refractivity contribution in [1.29, 1.82) is 0 Å². The molecule has 10 rings (SSSR count). The molecule has 0 amide bonds. The van der Waals surface area contributed by atoms with Gasteiger partial charge in [0, 0.05) is 45.4 Å². The van der Waals surface area contributed by atoms with Gasteiger partial charge in [-0.15, -0.1) is 0 Å². The van der Waals surface area contributed by atoms with Gasteiger partial charge in [-0.2, -0.15) is 26.3 Å². The fourth-order valence-electron chi connectivity index (χ4n) is 8.67. The van der Waals surface area contributed by atoms with Crippen molar-refractivity contribution >= 4 is 66.4 Å². The van der Waals surface area contributed by atoms with E-state index >= 15 is 17.6 Å². The van der Waals surface area contributed by atoms with E-state index in [0.29, 0.717) is 33.5 Å². The first-order valence-corrected chi connectivity index (χ1v) is 20.4. The summed E-state index contributed by atoms with van der Waals surface area (Å²) in [6.07, 6.45) is -9.22. The number of nitrogens with zero attached hydrogens (tertiary/aromatic N) is 2. The summed E-state index contributed by atoms with van der Waals surface area (Å²) in [5.41, 5.74) is -0.676. The minimum atomic E-state index is -4.61. The number of para-hydroxylation sites is 2. The zero-order valence-electron chi connectivity index (χ0n) is 34.0. The number of alkyl halides is 6. The number of hydrogen-bond donors (Lipinski definition) is 0. The van der Waals surface area contributed by atoms with E-state index in [2.05, 4.69) is 0 Å². The third kappa shape index (κ3) is 7.37. The first kappa shape index (κ1) is 42.1. The third-order valence-electron chi connectivity index (χ3n) is 11.7. The molecular weight excluding hydrogens is 867 g/mol. The molecule has 0 fully saturated rings. The van der Waals surface area contributed by atoms with Gasteiger partial charge in [-0.25, -0.2) is 17.6 Å². The Balaban J connectivity index is 1.14. The molecule has 66 heavy (non-hydrogen) atoms. The fourth-order valence-corrected chi connectivity index (χ4v) is 8.67. The predicted octanol–water partition coefficient (Wildman–Crippen LogP) is 17.5. The maximum absolute atomic E-state index is 16.6. The van der Waals surface area contributed by atoms with Crippen LogP contribution in [-0.2, 0) is 12.4 Å². The molecule has 2 nitrogen and oxygen atoms in total. The van der Waals surface area contributed by atoms with Crippen LogP contribution >= 0.6 is 0 Å². The molecule has 0 spiro atoms. The lowest BCUT2D eigenvalue weighted by atomic mass is 9.91. The van der Waals surface area contributed by atoms with E-state index < -0.39 is 46.7 Å². The summed E-state index contributed by atoms with van der Waals surface area (Å²) < 4.78 is 145. The molecule has 0 saturated carbocycles. The normalized spacial score (nSPS) is 12.1. The fraction of sp³-hybridized carbons (Fsp3) is 0.0370. The van der Waals surface area contributed by atoms with Crippen LogP contribution in [0.1, 0.15) is 11.1 Å². The standard InChI is InChI=1S/C54H30F10N2/c55-43-29-49(45(57)27-41(43)31-11-19-35(20-12-31)53(59,60)61)65(37-7-3-1-4-8-37)47-25-17-33-16-24-40-48(26-18-34-15-23-39(47)51(33)52(34)40)66(38-9-5-2-6-10-38)50-30-44(56)42(28-46(50)58)32-13-21-36(22-14-32)54(62,63)64/h1-30H. The highest BCUT2D eigenvalue weighted by molar-refractivity contribution is 6.28. The van der Waals surface area contributed by atoms with Gasteiger partial charge in [-0.05, 0) is 105 Å². The van der Waals surface area contributed by atoms with Gasteiger partial charge in [0.2, 0.25) is 0 Å². The lowest BCUT2D eigenvalue weighted by molar-refractivity contribution is -0.138. The van der Waals surface area contributed by atoms with Crippen LogP contribution in [0.25, 0.3) is 54.6 Å². The van der Waals surface area contributed by atoms with Crippen molar-refractivity contribution in [3.63, 3.8) is 0 Å². The molecule has 0 saturated heterocycles. The lowest BCUT2D eigenvalue weighted by Gasteiger charge is -2.30. The summed E-state index contributed by atoms with van der Waals surface area (Å²) in [6.45, 7) is 0. The summed E-state index contributed by atoms with van der Waals surface area (Å²) in [6, 6.07) is 43.7. The number of benzene rings is 10. The van der Waals surface area contributed by atoms with Gasteiger partial charge in [-0.1, -0.05) is 97.1 Å². The highest BCUT2D eigenvalue weighted by Gasteiger charge is 2.32. The molecule has 10 aromatic rings. The van der Waals surface area contributed by atoms with Crippen molar-refractivity contribution in [1.82, 2.24) is 0 Å². The molecule has 0 N–H and O–H groups in total. The minimum Gasteiger partial charge on any atom is -0.307 e. The second-order valence-corrected chi connectivity index (χ2v) is 15.7. The highest BCUT2D eigenvalue weighted by Crippen LogP contribution is 2.49. The number of halogens is 10. The van der Waals surface area contributed by atoms with E-state index in [0.717, 1.165) is 94.3 Å². The lowest BCUT2D eigenvalue weighted by Crippen LogP contribution is -2.14. The van der Waals surface area contributed by atoms with Gasteiger partial charge in [0.05, 0.1) is 33.9 Å². The van der Waals surface area contributed by atoms with Crippen molar-refractivity contribution in [3.8, 4) is 22.3 Å². The molecule has 0 unspecified atom stereocenters. The molecular formula is C54H30F10N2. The van der Waals surface area contributed by atoms with Crippen molar-refractivity contribution in [3.05, 3.63) is 216 Å². The Labute approximate surface area is 370 Å². The molecule has 0 heterocycles. The van der Waals surface area contributed by atoms with E-state index in [9.17, 15) is 26.3 Å². The van der Waals surface area contributed by atoms with Gasteiger partial charge >= 0.3 is 12.4 Å². The molecule has 0 aliphatic carbocycles. The van der Waals surface area contributed by atoms with Crippen molar-refractivity contribution < 1.29 is 43.9 Å². The summed E-state index contributed by atoms with van der Waals surface area (Å²) in [5.74, 6) is -3.43. The maximum Gasteiger partial charge on any atom is 0.416 e. The molecule has 0 aromatic heterocycles. The Hall–Kier alpha value is -7.86. The van der Waals surface area contributed by atoms with Gasteiger partial charge in [-0.3, -0.25) is 0 Å². The third-order valence-corrected chi connectivity index (χ3v) is 11.7. The van der Waals surface area contributed by atoms with Crippen molar-refractivity contribution in [2.75, 3.05) is 9.80 Å².